The Labute approximate surface area is 115 Å². The maximum atomic E-state index is 11.8. The van der Waals surface area contributed by atoms with Gasteiger partial charge in [-0.25, -0.2) is 4.79 Å². The lowest BCUT2D eigenvalue weighted by atomic mass is 10.1. The average Bonchev–Trinajstić information content (AvgIpc) is 2.65. The summed E-state index contributed by atoms with van der Waals surface area (Å²) < 4.78 is 5.19. The van der Waals surface area contributed by atoms with Crippen LogP contribution in [0.25, 0.3) is 0 Å². The van der Waals surface area contributed by atoms with Gasteiger partial charge in [0.2, 0.25) is 0 Å². The van der Waals surface area contributed by atoms with Crippen molar-refractivity contribution in [1.82, 2.24) is 9.80 Å². The Morgan fingerprint density at radius 3 is 2.40 bits per heavy atom. The molecule has 1 aromatic carbocycles. The van der Waals surface area contributed by atoms with E-state index in [1.54, 1.807) is 18.2 Å². The van der Waals surface area contributed by atoms with Gasteiger partial charge in [0.05, 0.1) is 13.7 Å². The molecule has 0 bridgehead atoms. The van der Waals surface area contributed by atoms with E-state index < -0.39 is 17.8 Å². The number of carbonyl (C=O) groups is 3. The molecule has 1 fully saturated rings. The summed E-state index contributed by atoms with van der Waals surface area (Å²) in [6, 6.07) is 4.63. The van der Waals surface area contributed by atoms with Gasteiger partial charge < -0.3 is 10.5 Å². The van der Waals surface area contributed by atoms with Crippen LogP contribution < -0.4 is 10.5 Å². The normalized spacial score (nSPS) is 15.2. The van der Waals surface area contributed by atoms with E-state index in [2.05, 4.69) is 0 Å². The summed E-state index contributed by atoms with van der Waals surface area (Å²) >= 11 is 0. The summed E-state index contributed by atoms with van der Waals surface area (Å²) in [5.41, 5.74) is 7.04. The number of nitrogens with zero attached hydrogens (tertiary/aromatic N) is 2. The standard InChI is InChI=1S/C13H15N3O4/c1-15-11(17)12(18)16(13(15)19)7-9-5-8(6-14)3-4-10(9)20-2/h3-5H,6-7,14H2,1-2H3. The molecular formula is C13H15N3O4. The molecule has 0 aliphatic carbocycles. The highest BCUT2D eigenvalue weighted by Crippen LogP contribution is 2.23. The fourth-order valence-corrected chi connectivity index (χ4v) is 2.01. The van der Waals surface area contributed by atoms with E-state index >= 15 is 0 Å². The first kappa shape index (κ1) is 14.0. The summed E-state index contributed by atoms with van der Waals surface area (Å²) in [5, 5.41) is 0. The maximum absolute atomic E-state index is 11.8. The molecule has 1 aliphatic heterocycles. The molecule has 1 saturated heterocycles. The topological polar surface area (TPSA) is 92.9 Å². The van der Waals surface area contributed by atoms with Crippen LogP contribution in [-0.2, 0) is 22.7 Å². The molecule has 4 amide bonds. The number of likely N-dealkylation sites (N-methyl/N-ethyl adjacent to an activating group) is 1. The van der Waals surface area contributed by atoms with Crippen molar-refractivity contribution in [3.63, 3.8) is 0 Å². The Morgan fingerprint density at radius 1 is 1.20 bits per heavy atom. The van der Waals surface area contributed by atoms with E-state index in [1.165, 1.54) is 14.2 Å². The minimum atomic E-state index is -0.835. The third-order valence-corrected chi connectivity index (χ3v) is 3.16. The first-order valence-corrected chi connectivity index (χ1v) is 5.99. The fraction of sp³-hybridized carbons (Fsp3) is 0.308. The summed E-state index contributed by atoms with van der Waals surface area (Å²) in [6.45, 7) is 0.308. The van der Waals surface area contributed by atoms with Crippen molar-refractivity contribution in [2.24, 2.45) is 5.73 Å². The van der Waals surface area contributed by atoms with Crippen LogP contribution in [0.15, 0.2) is 18.2 Å². The van der Waals surface area contributed by atoms with Crippen LogP contribution in [0, 0.1) is 0 Å². The largest absolute Gasteiger partial charge is 0.496 e. The number of amides is 4. The molecule has 106 valence electrons. The molecule has 0 aromatic heterocycles. The van der Waals surface area contributed by atoms with Gasteiger partial charge in [-0.05, 0) is 17.7 Å². The molecule has 1 aliphatic rings. The third kappa shape index (κ3) is 2.23. The minimum Gasteiger partial charge on any atom is -0.496 e. The first-order valence-electron chi connectivity index (χ1n) is 5.99. The zero-order chi connectivity index (χ0) is 14.9. The predicted molar refractivity (Wildman–Crippen MR) is 69.6 cm³/mol. The summed E-state index contributed by atoms with van der Waals surface area (Å²) in [5.74, 6) is -1.13. The fourth-order valence-electron chi connectivity index (χ4n) is 2.01. The summed E-state index contributed by atoms with van der Waals surface area (Å²) in [6.07, 6.45) is 0. The van der Waals surface area contributed by atoms with Crippen molar-refractivity contribution < 1.29 is 19.1 Å². The van der Waals surface area contributed by atoms with Gasteiger partial charge in [0.1, 0.15) is 5.75 Å². The van der Waals surface area contributed by atoms with Crippen molar-refractivity contribution in [3.8, 4) is 5.75 Å². The molecule has 0 radical (unpaired) electrons. The van der Waals surface area contributed by atoms with E-state index in [0.717, 1.165) is 15.4 Å². The second-order valence-electron chi connectivity index (χ2n) is 4.39. The number of benzene rings is 1. The molecular weight excluding hydrogens is 262 g/mol. The van der Waals surface area contributed by atoms with Gasteiger partial charge in [0.25, 0.3) is 0 Å². The van der Waals surface area contributed by atoms with E-state index in [4.69, 9.17) is 10.5 Å². The van der Waals surface area contributed by atoms with Gasteiger partial charge in [-0.2, -0.15) is 0 Å². The van der Waals surface area contributed by atoms with Crippen molar-refractivity contribution in [2.75, 3.05) is 14.2 Å². The first-order chi connectivity index (χ1) is 9.49. The van der Waals surface area contributed by atoms with E-state index in [9.17, 15) is 14.4 Å². The van der Waals surface area contributed by atoms with E-state index in [-0.39, 0.29) is 6.54 Å². The van der Waals surface area contributed by atoms with Gasteiger partial charge in [-0.3, -0.25) is 19.4 Å². The Kier molecular flexibility index (Phi) is 3.71. The van der Waals surface area contributed by atoms with Crippen molar-refractivity contribution in [2.45, 2.75) is 13.1 Å². The molecule has 0 unspecified atom stereocenters. The van der Waals surface area contributed by atoms with Crippen LogP contribution in [0.4, 0.5) is 4.79 Å². The van der Waals surface area contributed by atoms with Gasteiger partial charge in [0, 0.05) is 19.2 Å². The van der Waals surface area contributed by atoms with Gasteiger partial charge in [0.15, 0.2) is 0 Å². The number of carbonyl (C=O) groups excluding carboxylic acids is 3. The van der Waals surface area contributed by atoms with Gasteiger partial charge in [-0.1, -0.05) is 6.07 Å². The summed E-state index contributed by atoms with van der Waals surface area (Å²) in [7, 11) is 2.77. The second kappa shape index (κ2) is 5.30. The van der Waals surface area contributed by atoms with Crippen LogP contribution in [0.3, 0.4) is 0 Å². The quantitative estimate of drug-likeness (QED) is 0.621. The lowest BCUT2D eigenvalue weighted by Crippen LogP contribution is -2.31. The van der Waals surface area contributed by atoms with Crippen molar-refractivity contribution >= 4 is 17.8 Å². The van der Waals surface area contributed by atoms with Crippen LogP contribution >= 0.6 is 0 Å². The number of imide groups is 2. The third-order valence-electron chi connectivity index (χ3n) is 3.16. The van der Waals surface area contributed by atoms with Crippen LogP contribution in [0.2, 0.25) is 0 Å². The zero-order valence-electron chi connectivity index (χ0n) is 11.3. The average molecular weight is 277 g/mol. The highest BCUT2D eigenvalue weighted by atomic mass is 16.5. The molecule has 0 atom stereocenters. The van der Waals surface area contributed by atoms with Crippen molar-refractivity contribution in [1.29, 1.82) is 0 Å². The molecule has 0 spiro atoms. The van der Waals surface area contributed by atoms with Crippen LogP contribution in [-0.4, -0.2) is 41.8 Å². The highest BCUT2D eigenvalue weighted by Gasteiger charge is 2.42. The smallest absolute Gasteiger partial charge is 0.334 e. The SMILES string of the molecule is COc1ccc(CN)cc1CN1C(=O)C(=O)N(C)C1=O. The number of nitrogens with two attached hydrogens (primary N) is 1. The molecule has 7 heteroatoms. The number of hydrogen-bond donors (Lipinski definition) is 1. The number of methoxy groups -OCH3 is 1. The number of ether oxygens (including phenoxy) is 1. The molecule has 0 saturated carbocycles. The predicted octanol–water partition coefficient (Wildman–Crippen LogP) is 0.0745. The Bertz CT molecular complexity index is 585. The number of urea groups is 1. The summed E-state index contributed by atoms with van der Waals surface area (Å²) in [4.78, 5) is 36.7. The minimum absolute atomic E-state index is 0.0231. The Morgan fingerprint density at radius 2 is 1.90 bits per heavy atom. The number of hydrogen-bond acceptors (Lipinski definition) is 5. The highest BCUT2D eigenvalue weighted by molar-refractivity contribution is 6.44. The molecule has 1 heterocycles. The van der Waals surface area contributed by atoms with Gasteiger partial charge >= 0.3 is 17.8 Å². The van der Waals surface area contributed by atoms with E-state index in [0.29, 0.717) is 17.9 Å². The lowest BCUT2D eigenvalue weighted by molar-refractivity contribution is -0.143. The Hall–Kier alpha value is -2.41. The van der Waals surface area contributed by atoms with Crippen LogP contribution in [0.5, 0.6) is 5.75 Å². The maximum Gasteiger partial charge on any atom is 0.334 e. The molecule has 2 rings (SSSR count). The molecule has 2 N–H and O–H groups in total. The van der Waals surface area contributed by atoms with Crippen LogP contribution in [0.1, 0.15) is 11.1 Å². The number of rotatable bonds is 4. The van der Waals surface area contributed by atoms with Gasteiger partial charge in [-0.15, -0.1) is 0 Å². The zero-order valence-corrected chi connectivity index (χ0v) is 11.3. The van der Waals surface area contributed by atoms with Crippen molar-refractivity contribution in [3.05, 3.63) is 29.3 Å². The van der Waals surface area contributed by atoms with E-state index in [1.807, 2.05) is 0 Å². The monoisotopic (exact) mass is 277 g/mol. The Balaban J connectivity index is 2.32. The molecule has 1 aromatic rings. The molecule has 7 nitrogen and oxygen atoms in total. The second-order valence-corrected chi connectivity index (χ2v) is 4.39. The lowest BCUT2D eigenvalue weighted by Gasteiger charge is -2.16. The molecule has 20 heavy (non-hydrogen) atoms.